The van der Waals surface area contributed by atoms with Crippen LogP contribution in [-0.4, -0.2) is 18.3 Å². The summed E-state index contributed by atoms with van der Waals surface area (Å²) in [7, 11) is 0. The fraction of sp³-hybridized carbons (Fsp3) is 0.300. The second-order valence-electron chi connectivity index (χ2n) is 2.96. The summed E-state index contributed by atoms with van der Waals surface area (Å²) in [6.45, 7) is 2.12. The predicted octanol–water partition coefficient (Wildman–Crippen LogP) is 2.10. The second kappa shape index (κ2) is 4.96. The molecule has 0 bridgehead atoms. The molecule has 1 N–H and O–H groups in total. The molecule has 0 aromatic heterocycles. The zero-order chi connectivity index (χ0) is 10.6. The van der Waals surface area contributed by atoms with E-state index in [2.05, 4.69) is 5.32 Å². The van der Waals surface area contributed by atoms with Crippen LogP contribution in [0, 0.1) is 12.7 Å². The van der Waals surface area contributed by atoms with Crippen LogP contribution in [0.2, 0.25) is 0 Å². The summed E-state index contributed by atoms with van der Waals surface area (Å²) in [5, 5.41) is 2.57. The minimum atomic E-state index is -0.402. The van der Waals surface area contributed by atoms with E-state index in [1.807, 2.05) is 0 Å². The summed E-state index contributed by atoms with van der Waals surface area (Å²) in [6, 6.07) is 4.21. The molecule has 1 rings (SSSR count). The SMILES string of the molecule is Cc1cc(F)cc(C(=O)NCCCl)c1. The summed E-state index contributed by atoms with van der Waals surface area (Å²) in [5.41, 5.74) is 1.05. The van der Waals surface area contributed by atoms with E-state index in [1.165, 1.54) is 12.1 Å². The summed E-state index contributed by atoms with van der Waals surface area (Å²) in [4.78, 5) is 11.4. The fourth-order valence-electron chi connectivity index (χ4n) is 1.13. The molecule has 0 spiro atoms. The van der Waals surface area contributed by atoms with Gasteiger partial charge in [0.25, 0.3) is 5.91 Å². The molecule has 0 heterocycles. The van der Waals surface area contributed by atoms with E-state index in [-0.39, 0.29) is 5.91 Å². The molecule has 2 nitrogen and oxygen atoms in total. The number of carbonyl (C=O) groups excluding carboxylic acids is 1. The molecule has 0 aliphatic heterocycles. The second-order valence-corrected chi connectivity index (χ2v) is 3.34. The van der Waals surface area contributed by atoms with Gasteiger partial charge in [0.1, 0.15) is 5.82 Å². The van der Waals surface area contributed by atoms with E-state index in [0.29, 0.717) is 18.0 Å². The number of benzene rings is 1. The Balaban J connectivity index is 2.79. The van der Waals surface area contributed by atoms with Gasteiger partial charge >= 0.3 is 0 Å². The molecule has 0 saturated heterocycles. The number of alkyl halides is 1. The first kappa shape index (κ1) is 11.0. The Labute approximate surface area is 87.1 Å². The van der Waals surface area contributed by atoms with Crippen molar-refractivity contribution in [3.63, 3.8) is 0 Å². The largest absolute Gasteiger partial charge is 0.351 e. The van der Waals surface area contributed by atoms with Crippen LogP contribution in [0.15, 0.2) is 18.2 Å². The molecule has 0 fully saturated rings. The van der Waals surface area contributed by atoms with E-state index in [9.17, 15) is 9.18 Å². The average Bonchev–Trinajstić information content (AvgIpc) is 2.12. The highest BCUT2D eigenvalue weighted by Crippen LogP contribution is 2.07. The zero-order valence-electron chi connectivity index (χ0n) is 7.81. The highest BCUT2D eigenvalue weighted by Gasteiger charge is 2.06. The van der Waals surface area contributed by atoms with Crippen molar-refractivity contribution in [3.8, 4) is 0 Å². The number of halogens is 2. The molecule has 14 heavy (non-hydrogen) atoms. The van der Waals surface area contributed by atoms with Gasteiger partial charge in [-0.05, 0) is 30.7 Å². The number of hydrogen-bond acceptors (Lipinski definition) is 1. The lowest BCUT2D eigenvalue weighted by atomic mass is 10.1. The first-order valence-electron chi connectivity index (χ1n) is 4.25. The lowest BCUT2D eigenvalue weighted by molar-refractivity contribution is 0.0955. The van der Waals surface area contributed by atoms with Gasteiger partial charge in [-0.25, -0.2) is 4.39 Å². The third-order valence-corrected chi connectivity index (χ3v) is 1.87. The lowest BCUT2D eigenvalue weighted by Gasteiger charge is -2.03. The molecule has 0 atom stereocenters. The van der Waals surface area contributed by atoms with Gasteiger partial charge in [-0.15, -0.1) is 11.6 Å². The molecule has 4 heteroatoms. The number of aryl methyl sites for hydroxylation is 1. The predicted molar refractivity (Wildman–Crippen MR) is 54.2 cm³/mol. The number of amides is 1. The van der Waals surface area contributed by atoms with Crippen LogP contribution >= 0.6 is 11.6 Å². The van der Waals surface area contributed by atoms with Crippen molar-refractivity contribution >= 4 is 17.5 Å². The van der Waals surface area contributed by atoms with Crippen molar-refractivity contribution in [2.45, 2.75) is 6.92 Å². The van der Waals surface area contributed by atoms with Crippen molar-refractivity contribution in [2.24, 2.45) is 0 Å². The first-order chi connectivity index (χ1) is 6.63. The van der Waals surface area contributed by atoms with Crippen LogP contribution in [0.5, 0.6) is 0 Å². The van der Waals surface area contributed by atoms with Crippen molar-refractivity contribution in [1.29, 1.82) is 0 Å². The fourth-order valence-corrected chi connectivity index (χ4v) is 1.22. The van der Waals surface area contributed by atoms with Gasteiger partial charge in [-0.3, -0.25) is 4.79 Å². The average molecular weight is 216 g/mol. The van der Waals surface area contributed by atoms with Crippen LogP contribution in [0.25, 0.3) is 0 Å². The van der Waals surface area contributed by atoms with Gasteiger partial charge in [-0.1, -0.05) is 0 Å². The molecule has 1 aromatic carbocycles. The quantitative estimate of drug-likeness (QED) is 0.769. The van der Waals surface area contributed by atoms with Crippen molar-refractivity contribution in [3.05, 3.63) is 35.1 Å². The Hall–Kier alpha value is -1.09. The van der Waals surface area contributed by atoms with Crippen LogP contribution in [0.3, 0.4) is 0 Å². The molecule has 0 radical (unpaired) electrons. The van der Waals surface area contributed by atoms with Gasteiger partial charge in [0.15, 0.2) is 0 Å². The Morgan fingerprint density at radius 3 is 2.79 bits per heavy atom. The Morgan fingerprint density at radius 1 is 1.50 bits per heavy atom. The van der Waals surface area contributed by atoms with Crippen LogP contribution in [0.4, 0.5) is 4.39 Å². The zero-order valence-corrected chi connectivity index (χ0v) is 8.57. The lowest BCUT2D eigenvalue weighted by Crippen LogP contribution is -2.25. The van der Waals surface area contributed by atoms with Crippen LogP contribution in [0.1, 0.15) is 15.9 Å². The van der Waals surface area contributed by atoms with Crippen LogP contribution in [-0.2, 0) is 0 Å². The van der Waals surface area contributed by atoms with Crippen molar-refractivity contribution in [2.75, 3.05) is 12.4 Å². The Morgan fingerprint density at radius 2 is 2.21 bits per heavy atom. The number of rotatable bonds is 3. The summed E-state index contributed by atoms with van der Waals surface area (Å²) >= 11 is 5.41. The molecule has 1 amide bonds. The van der Waals surface area contributed by atoms with E-state index in [0.717, 1.165) is 5.56 Å². The van der Waals surface area contributed by atoms with Gasteiger partial charge in [0, 0.05) is 18.0 Å². The summed E-state index contributed by atoms with van der Waals surface area (Å²) in [6.07, 6.45) is 0. The van der Waals surface area contributed by atoms with Gasteiger partial charge in [-0.2, -0.15) is 0 Å². The minimum Gasteiger partial charge on any atom is -0.351 e. The molecule has 0 aliphatic carbocycles. The Kier molecular flexibility index (Phi) is 3.89. The number of hydrogen-bond donors (Lipinski definition) is 1. The topological polar surface area (TPSA) is 29.1 Å². The van der Waals surface area contributed by atoms with Crippen molar-refractivity contribution < 1.29 is 9.18 Å². The smallest absolute Gasteiger partial charge is 0.251 e. The van der Waals surface area contributed by atoms with E-state index in [4.69, 9.17) is 11.6 Å². The molecule has 0 saturated carbocycles. The van der Waals surface area contributed by atoms with Crippen molar-refractivity contribution in [1.82, 2.24) is 5.32 Å². The van der Waals surface area contributed by atoms with E-state index >= 15 is 0 Å². The van der Waals surface area contributed by atoms with Gasteiger partial charge in [0.2, 0.25) is 0 Å². The summed E-state index contributed by atoms with van der Waals surface area (Å²) < 4.78 is 12.9. The third-order valence-electron chi connectivity index (χ3n) is 1.68. The number of nitrogens with one attached hydrogen (secondary N) is 1. The van der Waals surface area contributed by atoms with Crippen LogP contribution < -0.4 is 5.32 Å². The highest BCUT2D eigenvalue weighted by molar-refractivity contribution is 6.18. The van der Waals surface area contributed by atoms with Gasteiger partial charge < -0.3 is 5.32 Å². The van der Waals surface area contributed by atoms with E-state index in [1.54, 1.807) is 13.0 Å². The minimum absolute atomic E-state index is 0.298. The Bertz CT molecular complexity index is 321. The molecular weight excluding hydrogens is 205 g/mol. The van der Waals surface area contributed by atoms with Gasteiger partial charge in [0.05, 0.1) is 0 Å². The number of carbonyl (C=O) groups is 1. The molecule has 0 unspecified atom stereocenters. The van der Waals surface area contributed by atoms with E-state index < -0.39 is 5.82 Å². The molecule has 0 aliphatic rings. The normalized spacial score (nSPS) is 9.93. The maximum Gasteiger partial charge on any atom is 0.251 e. The highest BCUT2D eigenvalue weighted by atomic mass is 35.5. The summed E-state index contributed by atoms with van der Waals surface area (Å²) in [5.74, 6) is -0.352. The molecule has 76 valence electrons. The third kappa shape index (κ3) is 3.00. The molecule has 1 aromatic rings. The molecular formula is C10H11ClFNO. The standard InChI is InChI=1S/C10H11ClFNO/c1-7-4-8(6-9(12)5-7)10(14)13-3-2-11/h4-6H,2-3H2,1H3,(H,13,14). The monoisotopic (exact) mass is 215 g/mol. The maximum absolute atomic E-state index is 12.9. The maximum atomic E-state index is 12.9. The first-order valence-corrected chi connectivity index (χ1v) is 4.78.